The zero-order valence-corrected chi connectivity index (χ0v) is 12.9. The van der Waals surface area contributed by atoms with Crippen molar-refractivity contribution in [3.05, 3.63) is 46.2 Å². The Bertz CT molecular complexity index is 631. The molecule has 1 aromatic carbocycles. The number of rotatable bonds is 5. The smallest absolute Gasteiger partial charge is 0.254 e. The summed E-state index contributed by atoms with van der Waals surface area (Å²) < 4.78 is 0. The molecule has 0 atom stereocenters. The highest BCUT2D eigenvalue weighted by atomic mass is 35.5. The monoisotopic (exact) mass is 324 g/mol. The molecule has 5 nitrogen and oxygen atoms in total. The maximum atomic E-state index is 11.7. The van der Waals surface area contributed by atoms with Gasteiger partial charge in [0.1, 0.15) is 0 Å². The lowest BCUT2D eigenvalue weighted by molar-refractivity contribution is 0.0953. The van der Waals surface area contributed by atoms with Crippen LogP contribution in [0.3, 0.4) is 0 Å². The summed E-state index contributed by atoms with van der Waals surface area (Å²) >= 11 is 11.9. The Morgan fingerprint density at radius 1 is 1.24 bits per heavy atom. The second kappa shape index (κ2) is 7.24. The molecule has 0 aliphatic heterocycles. The highest BCUT2D eigenvalue weighted by Gasteiger charge is 2.07. The molecular weight excluding hydrogens is 311 g/mol. The number of hydrogen-bond acceptors (Lipinski definition) is 4. The van der Waals surface area contributed by atoms with Gasteiger partial charge in [0.15, 0.2) is 0 Å². The SMILES string of the molecule is CCCNC(=O)c1cnc(Nc2ccc(Cl)cc2Cl)nc1. The molecule has 0 aliphatic carbocycles. The number of nitrogens with one attached hydrogen (secondary N) is 2. The standard InChI is InChI=1S/C14H14Cl2N4O/c1-2-5-17-13(21)9-7-18-14(19-8-9)20-12-4-3-10(15)6-11(12)16/h3-4,6-8H,2,5H2,1H3,(H,17,21)(H,18,19,20). The lowest BCUT2D eigenvalue weighted by Gasteiger charge is -2.07. The lowest BCUT2D eigenvalue weighted by Crippen LogP contribution is -2.24. The van der Waals surface area contributed by atoms with Crippen LogP contribution in [0.15, 0.2) is 30.6 Å². The van der Waals surface area contributed by atoms with E-state index in [9.17, 15) is 4.79 Å². The first kappa shape index (κ1) is 15.5. The number of amides is 1. The van der Waals surface area contributed by atoms with E-state index in [1.807, 2.05) is 6.92 Å². The van der Waals surface area contributed by atoms with Crippen LogP contribution in [-0.2, 0) is 0 Å². The van der Waals surface area contributed by atoms with Crippen LogP contribution in [0.2, 0.25) is 10.0 Å². The van der Waals surface area contributed by atoms with Crippen LogP contribution in [0.4, 0.5) is 11.6 Å². The third-order valence-corrected chi connectivity index (χ3v) is 3.17. The van der Waals surface area contributed by atoms with E-state index in [0.717, 1.165) is 6.42 Å². The van der Waals surface area contributed by atoms with Crippen LogP contribution in [-0.4, -0.2) is 22.4 Å². The van der Waals surface area contributed by atoms with E-state index in [4.69, 9.17) is 23.2 Å². The Balaban J connectivity index is 2.07. The first-order valence-electron chi connectivity index (χ1n) is 6.42. The van der Waals surface area contributed by atoms with Crippen LogP contribution in [0.1, 0.15) is 23.7 Å². The van der Waals surface area contributed by atoms with Crippen molar-refractivity contribution in [2.45, 2.75) is 13.3 Å². The summed E-state index contributed by atoms with van der Waals surface area (Å²) in [7, 11) is 0. The summed E-state index contributed by atoms with van der Waals surface area (Å²) in [5.41, 5.74) is 1.06. The molecule has 0 radical (unpaired) electrons. The van der Waals surface area contributed by atoms with Gasteiger partial charge in [-0.25, -0.2) is 9.97 Å². The fourth-order valence-corrected chi connectivity index (χ4v) is 2.02. The molecular formula is C14H14Cl2N4O. The topological polar surface area (TPSA) is 66.9 Å². The maximum absolute atomic E-state index is 11.7. The number of halogens is 2. The molecule has 2 aromatic rings. The van der Waals surface area contributed by atoms with Crippen molar-refractivity contribution in [2.75, 3.05) is 11.9 Å². The van der Waals surface area contributed by atoms with Gasteiger partial charge in [0.2, 0.25) is 5.95 Å². The molecule has 0 bridgehead atoms. The fourth-order valence-electron chi connectivity index (χ4n) is 1.56. The first-order chi connectivity index (χ1) is 10.1. The average molecular weight is 325 g/mol. The van der Waals surface area contributed by atoms with Gasteiger partial charge >= 0.3 is 0 Å². The van der Waals surface area contributed by atoms with Gasteiger partial charge in [-0.05, 0) is 24.6 Å². The zero-order chi connectivity index (χ0) is 15.2. The number of hydrogen-bond donors (Lipinski definition) is 2. The molecule has 21 heavy (non-hydrogen) atoms. The van der Waals surface area contributed by atoms with E-state index in [0.29, 0.717) is 33.8 Å². The van der Waals surface area contributed by atoms with Crippen molar-refractivity contribution >= 4 is 40.7 Å². The predicted octanol–water partition coefficient (Wildman–Crippen LogP) is 3.67. The van der Waals surface area contributed by atoms with Crippen LogP contribution in [0.5, 0.6) is 0 Å². The second-order valence-electron chi connectivity index (χ2n) is 4.30. The lowest BCUT2D eigenvalue weighted by atomic mass is 10.3. The number of benzene rings is 1. The summed E-state index contributed by atoms with van der Waals surface area (Å²) in [6.07, 6.45) is 3.80. The third kappa shape index (κ3) is 4.31. The highest BCUT2D eigenvalue weighted by Crippen LogP contribution is 2.26. The molecule has 0 unspecified atom stereocenters. The summed E-state index contributed by atoms with van der Waals surface area (Å²) in [5.74, 6) is 0.166. The van der Waals surface area contributed by atoms with Crippen molar-refractivity contribution in [2.24, 2.45) is 0 Å². The summed E-state index contributed by atoms with van der Waals surface area (Å²) in [6.45, 7) is 2.61. The normalized spacial score (nSPS) is 10.2. The Morgan fingerprint density at radius 2 is 1.95 bits per heavy atom. The van der Waals surface area contributed by atoms with Crippen molar-refractivity contribution in [1.29, 1.82) is 0 Å². The molecule has 1 heterocycles. The zero-order valence-electron chi connectivity index (χ0n) is 11.4. The number of nitrogens with zero attached hydrogens (tertiary/aromatic N) is 2. The van der Waals surface area contributed by atoms with Gasteiger partial charge in [-0.15, -0.1) is 0 Å². The van der Waals surface area contributed by atoms with E-state index in [-0.39, 0.29) is 5.91 Å². The number of carbonyl (C=O) groups excluding carboxylic acids is 1. The minimum Gasteiger partial charge on any atom is -0.352 e. The first-order valence-corrected chi connectivity index (χ1v) is 7.18. The second-order valence-corrected chi connectivity index (χ2v) is 5.14. The minimum absolute atomic E-state index is 0.187. The van der Waals surface area contributed by atoms with Gasteiger partial charge in [-0.3, -0.25) is 4.79 Å². The Hall–Kier alpha value is -1.85. The Morgan fingerprint density at radius 3 is 2.57 bits per heavy atom. The summed E-state index contributed by atoms with van der Waals surface area (Å²) in [5, 5.41) is 6.74. The molecule has 1 aromatic heterocycles. The Labute approximate surface area is 132 Å². The quantitative estimate of drug-likeness (QED) is 0.880. The Kier molecular flexibility index (Phi) is 5.36. The number of aromatic nitrogens is 2. The van der Waals surface area contributed by atoms with Gasteiger partial charge in [0.05, 0.1) is 16.3 Å². The van der Waals surface area contributed by atoms with Crippen LogP contribution in [0, 0.1) is 0 Å². The molecule has 0 aliphatic rings. The molecule has 7 heteroatoms. The van der Waals surface area contributed by atoms with Crippen LogP contribution < -0.4 is 10.6 Å². The molecule has 1 amide bonds. The molecule has 110 valence electrons. The van der Waals surface area contributed by atoms with Crippen LogP contribution in [0.25, 0.3) is 0 Å². The van der Waals surface area contributed by atoms with Gasteiger partial charge in [-0.2, -0.15) is 0 Å². The average Bonchev–Trinajstić information content (AvgIpc) is 2.48. The van der Waals surface area contributed by atoms with Gasteiger partial charge in [0, 0.05) is 24.0 Å². The molecule has 2 rings (SSSR count). The predicted molar refractivity (Wildman–Crippen MR) is 84.4 cm³/mol. The van der Waals surface area contributed by atoms with Gasteiger partial charge < -0.3 is 10.6 Å². The summed E-state index contributed by atoms with van der Waals surface area (Å²) in [4.78, 5) is 19.9. The molecule has 0 spiro atoms. The van der Waals surface area contributed by atoms with E-state index in [1.165, 1.54) is 12.4 Å². The van der Waals surface area contributed by atoms with E-state index in [1.54, 1.807) is 18.2 Å². The van der Waals surface area contributed by atoms with E-state index >= 15 is 0 Å². The minimum atomic E-state index is -0.187. The van der Waals surface area contributed by atoms with Crippen molar-refractivity contribution in [1.82, 2.24) is 15.3 Å². The van der Waals surface area contributed by atoms with Crippen LogP contribution >= 0.6 is 23.2 Å². The van der Waals surface area contributed by atoms with E-state index in [2.05, 4.69) is 20.6 Å². The third-order valence-electron chi connectivity index (χ3n) is 2.63. The molecule has 0 fully saturated rings. The van der Waals surface area contributed by atoms with E-state index < -0.39 is 0 Å². The van der Waals surface area contributed by atoms with Gasteiger partial charge in [-0.1, -0.05) is 30.1 Å². The fraction of sp³-hybridized carbons (Fsp3) is 0.214. The van der Waals surface area contributed by atoms with Crippen molar-refractivity contribution < 1.29 is 4.79 Å². The molecule has 2 N–H and O–H groups in total. The maximum Gasteiger partial charge on any atom is 0.254 e. The van der Waals surface area contributed by atoms with Crippen molar-refractivity contribution in [3.8, 4) is 0 Å². The summed E-state index contributed by atoms with van der Waals surface area (Å²) in [6, 6.07) is 5.07. The molecule has 0 saturated carbocycles. The number of carbonyl (C=O) groups is 1. The van der Waals surface area contributed by atoms with Gasteiger partial charge in [0.25, 0.3) is 5.91 Å². The largest absolute Gasteiger partial charge is 0.352 e. The molecule has 0 saturated heterocycles. The highest BCUT2D eigenvalue weighted by molar-refractivity contribution is 6.36. The van der Waals surface area contributed by atoms with Crippen molar-refractivity contribution in [3.63, 3.8) is 0 Å². The number of anilines is 2.